The van der Waals surface area contributed by atoms with Crippen LogP contribution in [-0.2, 0) is 17.2 Å². The van der Waals surface area contributed by atoms with E-state index in [1.807, 2.05) is 29.7 Å². The first-order chi connectivity index (χ1) is 10.2. The van der Waals surface area contributed by atoms with Gasteiger partial charge in [-0.2, -0.15) is 0 Å². The molecule has 0 fully saturated rings. The molecule has 6 heteroatoms. The maximum atomic E-state index is 11.8. The zero-order valence-corrected chi connectivity index (χ0v) is 13.1. The zero-order chi connectivity index (χ0) is 15.2. The predicted octanol–water partition coefficient (Wildman–Crippen LogP) is 2.70. The first-order valence-electron chi connectivity index (χ1n) is 7.06. The molecule has 0 aliphatic carbocycles. The monoisotopic (exact) mass is 309 g/mol. The number of alkyl halides is 1. The quantitative estimate of drug-likeness (QED) is 0.800. The largest absolute Gasteiger partial charge is 0.494 e. The van der Waals surface area contributed by atoms with E-state index in [9.17, 15) is 4.79 Å². The molecule has 0 saturated carbocycles. The first kappa shape index (κ1) is 15.6. The standard InChI is InChI=1S/C15H20ClN3O2/c1-3-8-17-14(20)7-9-19-11-5-4-6-12(21-2)15(11)18-13(19)10-16/h4-6H,3,7-10H2,1-2H3,(H,17,20). The molecular formula is C15H20ClN3O2. The summed E-state index contributed by atoms with van der Waals surface area (Å²) in [6.45, 7) is 3.29. The van der Waals surface area contributed by atoms with Gasteiger partial charge in [-0.25, -0.2) is 4.98 Å². The summed E-state index contributed by atoms with van der Waals surface area (Å²) in [6, 6.07) is 5.74. The molecule has 114 valence electrons. The third-order valence-electron chi connectivity index (χ3n) is 3.30. The Balaban J connectivity index is 2.24. The van der Waals surface area contributed by atoms with E-state index in [0.717, 1.165) is 23.3 Å². The van der Waals surface area contributed by atoms with E-state index in [1.54, 1.807) is 7.11 Å². The van der Waals surface area contributed by atoms with Gasteiger partial charge in [-0.3, -0.25) is 4.79 Å². The average molecular weight is 310 g/mol. The number of benzene rings is 1. The maximum absolute atomic E-state index is 11.8. The summed E-state index contributed by atoms with van der Waals surface area (Å²) >= 11 is 5.97. The molecule has 21 heavy (non-hydrogen) atoms. The molecule has 1 aromatic carbocycles. The van der Waals surface area contributed by atoms with Crippen LogP contribution in [0.25, 0.3) is 11.0 Å². The highest BCUT2D eigenvalue weighted by atomic mass is 35.5. The summed E-state index contributed by atoms with van der Waals surface area (Å²) in [4.78, 5) is 16.3. The number of amides is 1. The van der Waals surface area contributed by atoms with E-state index >= 15 is 0 Å². The Labute approximate surface area is 129 Å². The van der Waals surface area contributed by atoms with Crippen molar-refractivity contribution >= 4 is 28.5 Å². The van der Waals surface area contributed by atoms with Crippen molar-refractivity contribution in [2.24, 2.45) is 0 Å². The van der Waals surface area contributed by atoms with Gasteiger partial charge in [0.15, 0.2) is 0 Å². The van der Waals surface area contributed by atoms with E-state index in [2.05, 4.69) is 10.3 Å². The van der Waals surface area contributed by atoms with Gasteiger partial charge in [0.2, 0.25) is 5.91 Å². The number of aryl methyl sites for hydroxylation is 1. The lowest BCUT2D eigenvalue weighted by Gasteiger charge is -2.08. The van der Waals surface area contributed by atoms with Gasteiger partial charge in [0.05, 0.1) is 18.5 Å². The topological polar surface area (TPSA) is 56.2 Å². The molecule has 1 N–H and O–H groups in total. The Morgan fingerprint density at radius 3 is 2.95 bits per heavy atom. The normalized spacial score (nSPS) is 10.8. The minimum atomic E-state index is 0.0436. The average Bonchev–Trinajstić information content (AvgIpc) is 2.88. The number of fused-ring (bicyclic) bond motifs is 1. The number of imidazole rings is 1. The van der Waals surface area contributed by atoms with Gasteiger partial charge >= 0.3 is 0 Å². The smallest absolute Gasteiger partial charge is 0.221 e. The van der Waals surface area contributed by atoms with E-state index in [0.29, 0.717) is 31.1 Å². The number of ether oxygens (including phenoxy) is 1. The number of halogens is 1. The maximum Gasteiger partial charge on any atom is 0.221 e. The molecule has 0 spiro atoms. The number of methoxy groups -OCH3 is 1. The van der Waals surface area contributed by atoms with Crippen LogP contribution in [0.4, 0.5) is 0 Å². The lowest BCUT2D eigenvalue weighted by atomic mass is 10.3. The number of nitrogens with one attached hydrogen (secondary N) is 1. The van der Waals surface area contributed by atoms with Gasteiger partial charge in [0.25, 0.3) is 0 Å². The van der Waals surface area contributed by atoms with E-state index in [1.165, 1.54) is 0 Å². The third kappa shape index (κ3) is 3.47. The van der Waals surface area contributed by atoms with E-state index in [4.69, 9.17) is 16.3 Å². The van der Waals surface area contributed by atoms with Crippen molar-refractivity contribution < 1.29 is 9.53 Å². The number of carbonyl (C=O) groups excluding carboxylic acids is 1. The van der Waals surface area contributed by atoms with Crippen molar-refractivity contribution in [3.05, 3.63) is 24.0 Å². The van der Waals surface area contributed by atoms with Crippen LogP contribution >= 0.6 is 11.6 Å². The molecule has 1 amide bonds. The Morgan fingerprint density at radius 1 is 1.48 bits per heavy atom. The summed E-state index contributed by atoms with van der Waals surface area (Å²) in [5, 5.41) is 2.87. The highest BCUT2D eigenvalue weighted by Gasteiger charge is 2.14. The number of rotatable bonds is 7. The van der Waals surface area contributed by atoms with Crippen molar-refractivity contribution in [1.29, 1.82) is 0 Å². The van der Waals surface area contributed by atoms with E-state index < -0.39 is 0 Å². The molecule has 1 heterocycles. The molecule has 0 atom stereocenters. The van der Waals surface area contributed by atoms with Crippen LogP contribution in [0.5, 0.6) is 5.75 Å². The molecule has 5 nitrogen and oxygen atoms in total. The predicted molar refractivity (Wildman–Crippen MR) is 83.8 cm³/mol. The van der Waals surface area contributed by atoms with Crippen LogP contribution in [0, 0.1) is 0 Å². The van der Waals surface area contributed by atoms with Crippen LogP contribution < -0.4 is 10.1 Å². The van der Waals surface area contributed by atoms with Crippen LogP contribution in [0.1, 0.15) is 25.6 Å². The van der Waals surface area contributed by atoms with Crippen LogP contribution in [0.3, 0.4) is 0 Å². The third-order valence-corrected chi connectivity index (χ3v) is 3.53. The van der Waals surface area contributed by atoms with Gasteiger partial charge in [-0.1, -0.05) is 13.0 Å². The molecular weight excluding hydrogens is 290 g/mol. The fourth-order valence-corrected chi connectivity index (χ4v) is 2.46. The van der Waals surface area contributed by atoms with Crippen molar-refractivity contribution in [3.63, 3.8) is 0 Å². The van der Waals surface area contributed by atoms with Crippen LogP contribution in [-0.4, -0.2) is 29.1 Å². The molecule has 0 aliphatic heterocycles. The van der Waals surface area contributed by atoms with Gasteiger partial charge in [-0.15, -0.1) is 11.6 Å². The summed E-state index contributed by atoms with van der Waals surface area (Å²) in [5.41, 5.74) is 1.72. The van der Waals surface area contributed by atoms with Crippen LogP contribution in [0.2, 0.25) is 0 Å². The van der Waals surface area contributed by atoms with Crippen molar-refractivity contribution in [1.82, 2.24) is 14.9 Å². The number of nitrogens with zero attached hydrogens (tertiary/aromatic N) is 2. The molecule has 2 rings (SSSR count). The minimum absolute atomic E-state index is 0.0436. The second-order valence-electron chi connectivity index (χ2n) is 4.74. The van der Waals surface area contributed by atoms with E-state index in [-0.39, 0.29) is 5.91 Å². The lowest BCUT2D eigenvalue weighted by molar-refractivity contribution is -0.121. The second-order valence-corrected chi connectivity index (χ2v) is 5.01. The molecule has 0 unspecified atom stereocenters. The van der Waals surface area contributed by atoms with Crippen molar-refractivity contribution in [3.8, 4) is 5.75 Å². The van der Waals surface area contributed by atoms with Gasteiger partial charge in [-0.05, 0) is 18.6 Å². The molecule has 0 bridgehead atoms. The fourth-order valence-electron chi connectivity index (χ4n) is 2.25. The zero-order valence-electron chi connectivity index (χ0n) is 12.4. The number of aromatic nitrogens is 2. The molecule has 2 aromatic rings. The minimum Gasteiger partial charge on any atom is -0.494 e. The summed E-state index contributed by atoms with van der Waals surface area (Å²) in [5.74, 6) is 1.81. The Kier molecular flexibility index (Phi) is 5.44. The number of hydrogen-bond acceptors (Lipinski definition) is 3. The Bertz CT molecular complexity index is 625. The number of para-hydroxylation sites is 1. The molecule has 0 radical (unpaired) electrons. The number of carbonyl (C=O) groups is 1. The SMILES string of the molecule is CCCNC(=O)CCn1c(CCl)nc2c(OC)cccc21. The lowest BCUT2D eigenvalue weighted by Crippen LogP contribution is -2.25. The molecule has 0 aliphatic rings. The van der Waals surface area contributed by atoms with Crippen LogP contribution in [0.15, 0.2) is 18.2 Å². The first-order valence-corrected chi connectivity index (χ1v) is 7.59. The van der Waals surface area contributed by atoms with Crippen molar-refractivity contribution in [2.75, 3.05) is 13.7 Å². The highest BCUT2D eigenvalue weighted by Crippen LogP contribution is 2.26. The van der Waals surface area contributed by atoms with Crippen molar-refractivity contribution in [2.45, 2.75) is 32.2 Å². The van der Waals surface area contributed by atoms with Gasteiger partial charge < -0.3 is 14.6 Å². The fraction of sp³-hybridized carbons (Fsp3) is 0.467. The Morgan fingerprint density at radius 2 is 2.29 bits per heavy atom. The summed E-state index contributed by atoms with van der Waals surface area (Å²) < 4.78 is 7.30. The second kappa shape index (κ2) is 7.31. The van der Waals surface area contributed by atoms with Gasteiger partial charge in [0.1, 0.15) is 17.1 Å². The van der Waals surface area contributed by atoms with Gasteiger partial charge in [0, 0.05) is 19.5 Å². The number of hydrogen-bond donors (Lipinski definition) is 1. The molecule has 1 aromatic heterocycles. The Hall–Kier alpha value is -1.75. The summed E-state index contributed by atoms with van der Waals surface area (Å²) in [7, 11) is 1.62. The highest BCUT2D eigenvalue weighted by molar-refractivity contribution is 6.16. The molecule has 0 saturated heterocycles. The summed E-state index contributed by atoms with van der Waals surface area (Å²) in [6.07, 6.45) is 1.34.